The van der Waals surface area contributed by atoms with Crippen molar-refractivity contribution in [2.45, 2.75) is 70.9 Å². The van der Waals surface area contributed by atoms with Gasteiger partial charge in [0.2, 0.25) is 0 Å². The summed E-state index contributed by atoms with van der Waals surface area (Å²) in [5.74, 6) is -0.968. The SMILES string of the molecule is CCC(C)N(CC(=O)O)C(=O)NC1(C)CCCCC1. The molecule has 2 N–H and O–H groups in total. The van der Waals surface area contributed by atoms with Gasteiger partial charge in [-0.25, -0.2) is 4.79 Å². The van der Waals surface area contributed by atoms with Crippen molar-refractivity contribution in [3.8, 4) is 0 Å². The number of carbonyl (C=O) groups is 2. The molecule has 19 heavy (non-hydrogen) atoms. The third-order valence-electron chi connectivity index (χ3n) is 4.06. The van der Waals surface area contributed by atoms with Crippen LogP contribution in [0.1, 0.15) is 59.3 Å². The van der Waals surface area contributed by atoms with Crippen LogP contribution < -0.4 is 5.32 Å². The van der Waals surface area contributed by atoms with Crippen LogP contribution in [0.2, 0.25) is 0 Å². The van der Waals surface area contributed by atoms with E-state index < -0.39 is 5.97 Å². The molecular formula is C14H26N2O3. The summed E-state index contributed by atoms with van der Waals surface area (Å²) in [6, 6.07) is -0.315. The normalized spacial score (nSPS) is 19.5. The van der Waals surface area contributed by atoms with Crippen LogP contribution in [0, 0.1) is 0 Å². The Balaban J connectivity index is 2.67. The minimum absolute atomic E-state index is 0.0664. The summed E-state index contributed by atoms with van der Waals surface area (Å²) < 4.78 is 0. The maximum atomic E-state index is 12.3. The Morgan fingerprint density at radius 1 is 1.32 bits per heavy atom. The molecule has 110 valence electrons. The van der Waals surface area contributed by atoms with Crippen LogP contribution in [0.25, 0.3) is 0 Å². The topological polar surface area (TPSA) is 69.6 Å². The highest BCUT2D eigenvalue weighted by atomic mass is 16.4. The number of amides is 2. The number of nitrogens with one attached hydrogen (secondary N) is 1. The van der Waals surface area contributed by atoms with Gasteiger partial charge in [-0.2, -0.15) is 0 Å². The molecule has 1 aliphatic carbocycles. The largest absolute Gasteiger partial charge is 0.480 e. The van der Waals surface area contributed by atoms with Gasteiger partial charge in [-0.15, -0.1) is 0 Å². The Hall–Kier alpha value is -1.26. The van der Waals surface area contributed by atoms with E-state index in [2.05, 4.69) is 12.2 Å². The quantitative estimate of drug-likeness (QED) is 0.806. The van der Waals surface area contributed by atoms with Crippen molar-refractivity contribution in [1.29, 1.82) is 0 Å². The Morgan fingerprint density at radius 2 is 1.89 bits per heavy atom. The average molecular weight is 270 g/mol. The van der Waals surface area contributed by atoms with Crippen molar-refractivity contribution in [2.24, 2.45) is 0 Å². The molecule has 0 aromatic carbocycles. The van der Waals surface area contributed by atoms with E-state index in [-0.39, 0.29) is 24.2 Å². The molecule has 0 aromatic heterocycles. The predicted molar refractivity (Wildman–Crippen MR) is 74.1 cm³/mol. The second-order valence-electron chi connectivity index (χ2n) is 5.83. The van der Waals surface area contributed by atoms with Crippen molar-refractivity contribution >= 4 is 12.0 Å². The molecule has 5 nitrogen and oxygen atoms in total. The van der Waals surface area contributed by atoms with Gasteiger partial charge >= 0.3 is 12.0 Å². The zero-order valence-corrected chi connectivity index (χ0v) is 12.2. The fraction of sp³-hybridized carbons (Fsp3) is 0.857. The predicted octanol–water partition coefficient (Wildman–Crippen LogP) is 2.60. The molecular weight excluding hydrogens is 244 g/mol. The highest BCUT2D eigenvalue weighted by molar-refractivity contribution is 5.80. The smallest absolute Gasteiger partial charge is 0.323 e. The zero-order chi connectivity index (χ0) is 14.5. The standard InChI is InChI=1S/C14H26N2O3/c1-4-11(2)16(10-12(17)18)13(19)15-14(3)8-6-5-7-9-14/h11H,4-10H2,1-3H3,(H,15,19)(H,17,18). The Morgan fingerprint density at radius 3 is 2.37 bits per heavy atom. The van der Waals surface area contributed by atoms with Gasteiger partial charge in [0.25, 0.3) is 0 Å². The number of carboxylic acids is 1. The molecule has 0 spiro atoms. The minimum Gasteiger partial charge on any atom is -0.480 e. The van der Waals surface area contributed by atoms with Gasteiger partial charge in [0.05, 0.1) is 0 Å². The lowest BCUT2D eigenvalue weighted by Gasteiger charge is -2.37. The number of hydrogen-bond donors (Lipinski definition) is 2. The molecule has 2 amide bonds. The molecule has 0 aromatic rings. The van der Waals surface area contributed by atoms with Gasteiger partial charge in [0, 0.05) is 11.6 Å². The van der Waals surface area contributed by atoms with E-state index in [4.69, 9.17) is 5.11 Å². The molecule has 1 atom stereocenters. The van der Waals surface area contributed by atoms with Crippen LogP contribution in [0.15, 0.2) is 0 Å². The van der Waals surface area contributed by atoms with E-state index in [1.807, 2.05) is 13.8 Å². The lowest BCUT2D eigenvalue weighted by molar-refractivity contribution is -0.138. The molecule has 1 aliphatic rings. The summed E-state index contributed by atoms with van der Waals surface area (Å²) in [5, 5.41) is 12.0. The van der Waals surface area contributed by atoms with Crippen molar-refractivity contribution in [1.82, 2.24) is 10.2 Å². The highest BCUT2D eigenvalue weighted by Crippen LogP contribution is 2.27. The zero-order valence-electron chi connectivity index (χ0n) is 12.2. The number of hydrogen-bond acceptors (Lipinski definition) is 2. The Labute approximate surface area is 115 Å². The summed E-state index contributed by atoms with van der Waals surface area (Å²) in [6.07, 6.45) is 6.16. The number of aliphatic carboxylic acids is 1. The van der Waals surface area contributed by atoms with Crippen LogP contribution >= 0.6 is 0 Å². The lowest BCUT2D eigenvalue weighted by Crippen LogP contribution is -2.55. The third-order valence-corrected chi connectivity index (χ3v) is 4.06. The Bertz CT molecular complexity index is 325. The highest BCUT2D eigenvalue weighted by Gasteiger charge is 2.31. The molecule has 0 radical (unpaired) electrons. The van der Waals surface area contributed by atoms with Crippen molar-refractivity contribution in [3.05, 3.63) is 0 Å². The molecule has 0 heterocycles. The third kappa shape index (κ3) is 4.73. The number of carboxylic acid groups (broad SMARTS) is 1. The maximum Gasteiger partial charge on any atom is 0.323 e. The molecule has 5 heteroatoms. The van der Waals surface area contributed by atoms with Gasteiger partial charge in [-0.3, -0.25) is 4.79 Å². The van der Waals surface area contributed by atoms with E-state index >= 15 is 0 Å². The molecule has 1 saturated carbocycles. The second-order valence-corrected chi connectivity index (χ2v) is 5.83. The van der Waals surface area contributed by atoms with Crippen molar-refractivity contribution < 1.29 is 14.7 Å². The van der Waals surface area contributed by atoms with Gasteiger partial charge in [0.15, 0.2) is 0 Å². The van der Waals surface area contributed by atoms with Crippen LogP contribution in [0.5, 0.6) is 0 Å². The maximum absolute atomic E-state index is 12.3. The molecule has 1 fully saturated rings. The van der Waals surface area contributed by atoms with Gasteiger partial charge in [0.1, 0.15) is 6.54 Å². The van der Waals surface area contributed by atoms with Crippen molar-refractivity contribution in [3.63, 3.8) is 0 Å². The van der Waals surface area contributed by atoms with Gasteiger partial charge in [-0.05, 0) is 33.1 Å². The number of carbonyl (C=O) groups excluding carboxylic acids is 1. The van der Waals surface area contributed by atoms with Crippen LogP contribution in [0.3, 0.4) is 0 Å². The molecule has 1 rings (SSSR count). The van der Waals surface area contributed by atoms with E-state index in [1.54, 1.807) is 0 Å². The summed E-state index contributed by atoms with van der Waals surface area (Å²) in [7, 11) is 0. The van der Waals surface area contributed by atoms with E-state index in [9.17, 15) is 9.59 Å². The molecule has 0 saturated heterocycles. The summed E-state index contributed by atoms with van der Waals surface area (Å²) in [5.41, 5.74) is -0.181. The number of nitrogens with zero attached hydrogens (tertiary/aromatic N) is 1. The lowest BCUT2D eigenvalue weighted by atomic mass is 9.83. The molecule has 0 aliphatic heterocycles. The summed E-state index contributed by atoms with van der Waals surface area (Å²) in [4.78, 5) is 24.6. The fourth-order valence-corrected chi connectivity index (χ4v) is 2.58. The van der Waals surface area contributed by atoms with Crippen molar-refractivity contribution in [2.75, 3.05) is 6.54 Å². The van der Waals surface area contributed by atoms with Crippen LogP contribution in [-0.4, -0.2) is 40.1 Å². The summed E-state index contributed by atoms with van der Waals surface area (Å²) in [6.45, 7) is 5.65. The van der Waals surface area contributed by atoms with E-state index in [0.717, 1.165) is 32.1 Å². The monoisotopic (exact) mass is 270 g/mol. The summed E-state index contributed by atoms with van der Waals surface area (Å²) >= 11 is 0. The Kier molecular flexibility index (Phi) is 5.63. The number of rotatable bonds is 5. The van der Waals surface area contributed by atoms with E-state index in [1.165, 1.54) is 11.3 Å². The first-order valence-electron chi connectivity index (χ1n) is 7.18. The second kappa shape index (κ2) is 6.78. The van der Waals surface area contributed by atoms with Gasteiger partial charge in [-0.1, -0.05) is 26.2 Å². The molecule has 0 bridgehead atoms. The van der Waals surface area contributed by atoms with Crippen LogP contribution in [0.4, 0.5) is 4.79 Å². The van der Waals surface area contributed by atoms with Crippen LogP contribution in [-0.2, 0) is 4.79 Å². The first-order chi connectivity index (χ1) is 8.88. The minimum atomic E-state index is -0.968. The fourth-order valence-electron chi connectivity index (χ4n) is 2.58. The first kappa shape index (κ1) is 15.8. The average Bonchev–Trinajstić information content (AvgIpc) is 2.35. The van der Waals surface area contributed by atoms with E-state index in [0.29, 0.717) is 0 Å². The molecule has 1 unspecified atom stereocenters. The number of urea groups is 1. The first-order valence-corrected chi connectivity index (χ1v) is 7.18. The van der Waals surface area contributed by atoms with Gasteiger partial charge < -0.3 is 15.3 Å².